The van der Waals surface area contributed by atoms with Crippen LogP contribution in [0, 0.1) is 0 Å². The Morgan fingerprint density at radius 2 is 2.00 bits per heavy atom. The minimum absolute atomic E-state index is 0. The molecule has 0 atom stereocenters. The monoisotopic (exact) mass is 327 g/mol. The van der Waals surface area contributed by atoms with Crippen LogP contribution in [0.5, 0.6) is 0 Å². The summed E-state index contributed by atoms with van der Waals surface area (Å²) in [5, 5.41) is 2.79. The summed E-state index contributed by atoms with van der Waals surface area (Å²) in [5.74, 6) is -0.336. The number of amides is 1. The van der Waals surface area contributed by atoms with Crippen molar-refractivity contribution < 1.29 is 13.2 Å². The Balaban J connectivity index is 0.00000324. The molecule has 9 heteroatoms. The van der Waals surface area contributed by atoms with Crippen molar-refractivity contribution in [2.75, 3.05) is 19.6 Å². The Morgan fingerprint density at radius 1 is 1.32 bits per heavy atom. The lowest BCUT2D eigenvalue weighted by molar-refractivity contribution is -0.119. The summed E-state index contributed by atoms with van der Waals surface area (Å²) < 4.78 is 25.9. The zero-order valence-electron chi connectivity index (χ0n) is 9.93. The van der Waals surface area contributed by atoms with Crippen molar-refractivity contribution >= 4 is 39.9 Å². The topological polar surface area (TPSA) is 101 Å². The number of nitrogens with one attached hydrogen (secondary N) is 2. The second kappa shape index (κ2) is 8.34. The van der Waals surface area contributed by atoms with Gasteiger partial charge in [0.1, 0.15) is 0 Å². The van der Waals surface area contributed by atoms with Gasteiger partial charge in [-0.3, -0.25) is 4.79 Å². The van der Waals surface area contributed by atoms with Crippen molar-refractivity contribution in [2.24, 2.45) is 5.73 Å². The van der Waals surface area contributed by atoms with E-state index in [0.29, 0.717) is 5.02 Å². The van der Waals surface area contributed by atoms with E-state index in [0.717, 1.165) is 0 Å². The van der Waals surface area contributed by atoms with E-state index in [1.54, 1.807) is 12.1 Å². The van der Waals surface area contributed by atoms with Gasteiger partial charge in [-0.25, -0.2) is 13.1 Å². The minimum Gasteiger partial charge on any atom is -0.354 e. The molecule has 1 rings (SSSR count). The second-order valence-electron chi connectivity index (χ2n) is 3.41. The molecule has 1 aromatic carbocycles. The van der Waals surface area contributed by atoms with Crippen LogP contribution in [0.4, 0.5) is 0 Å². The summed E-state index contributed by atoms with van der Waals surface area (Å²) in [7, 11) is -3.60. The van der Waals surface area contributed by atoms with Gasteiger partial charge >= 0.3 is 0 Å². The first kappa shape index (κ1) is 18.1. The first-order valence-corrected chi connectivity index (χ1v) is 7.04. The fourth-order valence-electron chi connectivity index (χ4n) is 1.18. The van der Waals surface area contributed by atoms with Crippen LogP contribution in [-0.2, 0) is 14.8 Å². The van der Waals surface area contributed by atoms with E-state index in [2.05, 4.69) is 10.0 Å². The average molecular weight is 328 g/mol. The predicted octanol–water partition coefficient (Wildman–Crippen LogP) is 0.115. The maximum absolute atomic E-state index is 11.8. The van der Waals surface area contributed by atoms with Crippen molar-refractivity contribution in [3.63, 3.8) is 0 Å². The normalized spacial score (nSPS) is 10.6. The molecular formula is C10H15Cl2N3O3S. The Bertz CT molecular complexity index is 523. The summed E-state index contributed by atoms with van der Waals surface area (Å²) >= 11 is 5.71. The molecule has 0 aliphatic carbocycles. The zero-order chi connectivity index (χ0) is 13.6. The van der Waals surface area contributed by atoms with Crippen LogP contribution in [0.15, 0.2) is 29.2 Å². The molecule has 1 amide bonds. The number of rotatable bonds is 6. The van der Waals surface area contributed by atoms with Gasteiger partial charge in [0.2, 0.25) is 15.9 Å². The number of benzene rings is 1. The molecular weight excluding hydrogens is 313 g/mol. The van der Waals surface area contributed by atoms with E-state index >= 15 is 0 Å². The van der Waals surface area contributed by atoms with E-state index in [4.69, 9.17) is 17.3 Å². The van der Waals surface area contributed by atoms with Crippen LogP contribution in [0.3, 0.4) is 0 Å². The summed E-state index contributed by atoms with van der Waals surface area (Å²) in [4.78, 5) is 10.9. The highest BCUT2D eigenvalue weighted by Gasteiger charge is 2.13. The van der Waals surface area contributed by atoms with Crippen LogP contribution in [0.25, 0.3) is 0 Å². The predicted molar refractivity (Wildman–Crippen MR) is 76.0 cm³/mol. The van der Waals surface area contributed by atoms with E-state index in [1.165, 1.54) is 12.1 Å². The highest BCUT2D eigenvalue weighted by atomic mass is 35.5. The van der Waals surface area contributed by atoms with E-state index in [-0.39, 0.29) is 42.8 Å². The zero-order valence-corrected chi connectivity index (χ0v) is 12.3. The Hall–Kier alpha value is -0.860. The van der Waals surface area contributed by atoms with E-state index in [9.17, 15) is 13.2 Å². The third kappa shape index (κ3) is 6.22. The summed E-state index contributed by atoms with van der Waals surface area (Å²) in [6, 6.07) is 5.92. The highest BCUT2D eigenvalue weighted by Crippen LogP contribution is 2.14. The molecule has 0 aliphatic rings. The van der Waals surface area contributed by atoms with Crippen LogP contribution >= 0.6 is 24.0 Å². The standard InChI is InChI=1S/C10H14ClN3O3S.ClH/c11-8-2-1-3-9(6-8)18(16,17)14-5-4-13-10(15)7-12;/h1-3,6,14H,4-5,7,12H2,(H,13,15);1H. The largest absolute Gasteiger partial charge is 0.354 e. The van der Waals surface area contributed by atoms with Crippen LogP contribution in [-0.4, -0.2) is 34.0 Å². The lowest BCUT2D eigenvalue weighted by Crippen LogP contribution is -2.37. The van der Waals surface area contributed by atoms with Crippen molar-refractivity contribution in [1.29, 1.82) is 0 Å². The SMILES string of the molecule is Cl.NCC(=O)NCCNS(=O)(=O)c1cccc(Cl)c1. The van der Waals surface area contributed by atoms with Crippen molar-refractivity contribution in [3.8, 4) is 0 Å². The number of halogens is 2. The fourth-order valence-corrected chi connectivity index (χ4v) is 2.51. The molecule has 0 spiro atoms. The molecule has 0 heterocycles. The number of hydrogen-bond donors (Lipinski definition) is 3. The lowest BCUT2D eigenvalue weighted by atomic mass is 10.4. The average Bonchev–Trinajstić information content (AvgIpc) is 2.34. The smallest absolute Gasteiger partial charge is 0.240 e. The van der Waals surface area contributed by atoms with Gasteiger partial charge in [0, 0.05) is 18.1 Å². The van der Waals surface area contributed by atoms with Crippen LogP contribution in [0.2, 0.25) is 5.02 Å². The lowest BCUT2D eigenvalue weighted by Gasteiger charge is -2.07. The van der Waals surface area contributed by atoms with Crippen molar-refractivity contribution in [3.05, 3.63) is 29.3 Å². The second-order valence-corrected chi connectivity index (χ2v) is 5.61. The molecule has 108 valence electrons. The first-order valence-electron chi connectivity index (χ1n) is 5.17. The summed E-state index contributed by atoms with van der Waals surface area (Å²) in [5.41, 5.74) is 5.08. The molecule has 0 unspecified atom stereocenters. The van der Waals surface area contributed by atoms with Crippen LogP contribution in [0.1, 0.15) is 0 Å². The number of nitrogens with two attached hydrogens (primary N) is 1. The molecule has 19 heavy (non-hydrogen) atoms. The molecule has 0 fully saturated rings. The fraction of sp³-hybridized carbons (Fsp3) is 0.300. The molecule has 0 bridgehead atoms. The quantitative estimate of drug-likeness (QED) is 0.645. The van der Waals surface area contributed by atoms with Gasteiger partial charge in [0.05, 0.1) is 11.4 Å². The highest BCUT2D eigenvalue weighted by molar-refractivity contribution is 7.89. The molecule has 0 saturated carbocycles. The van der Waals surface area contributed by atoms with Gasteiger partial charge in [0.15, 0.2) is 0 Å². The Morgan fingerprint density at radius 3 is 2.58 bits per heavy atom. The van der Waals surface area contributed by atoms with E-state index in [1.807, 2.05) is 0 Å². The van der Waals surface area contributed by atoms with Gasteiger partial charge in [0.25, 0.3) is 0 Å². The van der Waals surface area contributed by atoms with E-state index < -0.39 is 10.0 Å². The third-order valence-corrected chi connectivity index (χ3v) is 3.72. The summed E-state index contributed by atoms with van der Waals surface area (Å²) in [6.45, 7) is 0.136. The Labute approximate surface area is 123 Å². The van der Waals surface area contributed by atoms with Gasteiger partial charge in [-0.2, -0.15) is 0 Å². The van der Waals surface area contributed by atoms with Gasteiger partial charge < -0.3 is 11.1 Å². The first-order chi connectivity index (χ1) is 8.45. The number of carbonyl (C=O) groups is 1. The molecule has 1 aromatic rings. The van der Waals surface area contributed by atoms with Crippen LogP contribution < -0.4 is 15.8 Å². The molecule has 6 nitrogen and oxygen atoms in total. The van der Waals surface area contributed by atoms with Crippen molar-refractivity contribution in [2.45, 2.75) is 4.90 Å². The molecule has 0 aromatic heterocycles. The number of hydrogen-bond acceptors (Lipinski definition) is 4. The Kier molecular flexibility index (Phi) is 7.96. The number of sulfonamides is 1. The molecule has 0 saturated heterocycles. The maximum Gasteiger partial charge on any atom is 0.240 e. The maximum atomic E-state index is 11.8. The third-order valence-electron chi connectivity index (χ3n) is 2.03. The molecule has 0 aliphatic heterocycles. The minimum atomic E-state index is -3.60. The molecule has 0 radical (unpaired) electrons. The number of carbonyl (C=O) groups excluding carboxylic acids is 1. The van der Waals surface area contributed by atoms with Gasteiger partial charge in [-0.05, 0) is 18.2 Å². The summed E-state index contributed by atoms with van der Waals surface area (Å²) in [6.07, 6.45) is 0. The molecule has 4 N–H and O–H groups in total. The van der Waals surface area contributed by atoms with Crippen molar-refractivity contribution in [1.82, 2.24) is 10.0 Å². The van der Waals surface area contributed by atoms with Gasteiger partial charge in [-0.15, -0.1) is 12.4 Å². The van der Waals surface area contributed by atoms with Gasteiger partial charge in [-0.1, -0.05) is 17.7 Å².